The largest absolute Gasteiger partial charge is 0.316 e. The van der Waals surface area contributed by atoms with Crippen LogP contribution in [0.15, 0.2) is 30.3 Å². The van der Waals surface area contributed by atoms with Crippen molar-refractivity contribution in [3.63, 3.8) is 0 Å². The Morgan fingerprint density at radius 3 is 2.60 bits per heavy atom. The van der Waals surface area contributed by atoms with E-state index < -0.39 is 0 Å². The number of alkyl halides is 1. The zero-order chi connectivity index (χ0) is 10.9. The van der Waals surface area contributed by atoms with Gasteiger partial charge in [-0.3, -0.25) is 0 Å². The minimum absolute atomic E-state index is 0.328. The van der Waals surface area contributed by atoms with Crippen molar-refractivity contribution in [3.05, 3.63) is 35.9 Å². The summed E-state index contributed by atoms with van der Waals surface area (Å²) < 4.78 is 0. The molecule has 0 saturated heterocycles. The smallest absolute Gasteiger partial charge is 0.0345 e. The monoisotopic (exact) mass is 225 g/mol. The fraction of sp³-hybridized carbons (Fsp3) is 0.538. The van der Waals surface area contributed by atoms with E-state index in [4.69, 9.17) is 11.6 Å². The van der Waals surface area contributed by atoms with Crippen molar-refractivity contribution in [1.82, 2.24) is 5.32 Å². The van der Waals surface area contributed by atoms with Crippen molar-refractivity contribution in [2.45, 2.75) is 31.6 Å². The third kappa shape index (κ3) is 5.81. The summed E-state index contributed by atoms with van der Waals surface area (Å²) in [6.07, 6.45) is 3.22. The molecule has 2 heteroatoms. The second-order valence-electron chi connectivity index (χ2n) is 3.78. The summed E-state index contributed by atoms with van der Waals surface area (Å²) in [5, 5.41) is 3.74. The quantitative estimate of drug-likeness (QED) is 0.555. The molecule has 0 aliphatic rings. The summed E-state index contributed by atoms with van der Waals surface area (Å²) in [6.45, 7) is 4.19. The summed E-state index contributed by atoms with van der Waals surface area (Å²) in [7, 11) is 0. The number of hydrogen-bond donors (Lipinski definition) is 1. The SMILES string of the molecule is CCC(Cl)CCNCCc1ccccc1. The van der Waals surface area contributed by atoms with Crippen LogP contribution in [0.1, 0.15) is 25.3 Å². The molecule has 1 atom stereocenters. The predicted octanol–water partition coefficient (Wildman–Crippen LogP) is 3.23. The van der Waals surface area contributed by atoms with Gasteiger partial charge in [0.25, 0.3) is 0 Å². The molecule has 1 unspecified atom stereocenters. The van der Waals surface area contributed by atoms with Gasteiger partial charge in [-0.1, -0.05) is 37.3 Å². The highest BCUT2D eigenvalue weighted by molar-refractivity contribution is 6.20. The van der Waals surface area contributed by atoms with Gasteiger partial charge in [0.1, 0.15) is 0 Å². The maximum absolute atomic E-state index is 6.02. The van der Waals surface area contributed by atoms with Gasteiger partial charge in [0.05, 0.1) is 0 Å². The average Bonchev–Trinajstić information content (AvgIpc) is 2.29. The standard InChI is InChI=1S/C13H20ClN/c1-2-13(14)9-11-15-10-8-12-6-4-3-5-7-12/h3-7,13,15H,2,8-11H2,1H3. The Morgan fingerprint density at radius 2 is 1.93 bits per heavy atom. The molecule has 0 saturated carbocycles. The van der Waals surface area contributed by atoms with Gasteiger partial charge in [-0.25, -0.2) is 0 Å². The Balaban J connectivity index is 2.03. The molecule has 0 aromatic heterocycles. The van der Waals surface area contributed by atoms with Crippen LogP contribution >= 0.6 is 11.6 Å². The van der Waals surface area contributed by atoms with E-state index in [1.54, 1.807) is 0 Å². The number of rotatable bonds is 7. The molecule has 0 heterocycles. The van der Waals surface area contributed by atoms with Crippen molar-refractivity contribution >= 4 is 11.6 Å². The molecule has 84 valence electrons. The lowest BCUT2D eigenvalue weighted by Crippen LogP contribution is -2.20. The van der Waals surface area contributed by atoms with Gasteiger partial charge < -0.3 is 5.32 Å². The second-order valence-corrected chi connectivity index (χ2v) is 4.40. The van der Waals surface area contributed by atoms with Gasteiger partial charge in [-0.2, -0.15) is 0 Å². The first kappa shape index (κ1) is 12.5. The van der Waals surface area contributed by atoms with Crippen molar-refractivity contribution < 1.29 is 0 Å². The first-order chi connectivity index (χ1) is 7.33. The highest BCUT2D eigenvalue weighted by Gasteiger charge is 1.99. The zero-order valence-electron chi connectivity index (χ0n) is 9.38. The van der Waals surface area contributed by atoms with Gasteiger partial charge in [0, 0.05) is 5.38 Å². The van der Waals surface area contributed by atoms with Gasteiger partial charge in [-0.15, -0.1) is 11.6 Å². The maximum Gasteiger partial charge on any atom is 0.0345 e. The molecule has 0 aliphatic heterocycles. The maximum atomic E-state index is 6.02. The van der Waals surface area contributed by atoms with E-state index in [1.165, 1.54) is 5.56 Å². The number of hydrogen-bond acceptors (Lipinski definition) is 1. The lowest BCUT2D eigenvalue weighted by atomic mass is 10.1. The van der Waals surface area contributed by atoms with Crippen LogP contribution in [0.3, 0.4) is 0 Å². The first-order valence-electron chi connectivity index (χ1n) is 5.71. The molecular weight excluding hydrogens is 206 g/mol. The highest BCUT2D eigenvalue weighted by atomic mass is 35.5. The molecule has 1 nitrogen and oxygen atoms in total. The third-order valence-electron chi connectivity index (χ3n) is 2.51. The summed E-state index contributed by atoms with van der Waals surface area (Å²) in [4.78, 5) is 0. The Morgan fingerprint density at radius 1 is 1.20 bits per heavy atom. The molecule has 1 N–H and O–H groups in total. The molecule has 0 radical (unpaired) electrons. The molecule has 1 aromatic rings. The number of halogens is 1. The van der Waals surface area contributed by atoms with E-state index in [0.717, 1.165) is 32.4 Å². The predicted molar refractivity (Wildman–Crippen MR) is 67.6 cm³/mol. The van der Waals surface area contributed by atoms with Crippen molar-refractivity contribution in [3.8, 4) is 0 Å². The topological polar surface area (TPSA) is 12.0 Å². The van der Waals surface area contributed by atoms with Gasteiger partial charge in [0.2, 0.25) is 0 Å². The molecule has 1 rings (SSSR count). The van der Waals surface area contributed by atoms with Crippen LogP contribution < -0.4 is 5.32 Å². The number of nitrogens with one attached hydrogen (secondary N) is 1. The average molecular weight is 226 g/mol. The fourth-order valence-corrected chi connectivity index (χ4v) is 1.57. The Bertz CT molecular complexity index is 248. The Kier molecular flexibility index (Phi) is 6.45. The zero-order valence-corrected chi connectivity index (χ0v) is 10.1. The van der Waals surface area contributed by atoms with Gasteiger partial charge in [0.15, 0.2) is 0 Å². The molecule has 0 fully saturated rings. The normalized spacial score (nSPS) is 12.7. The van der Waals surface area contributed by atoms with E-state index in [9.17, 15) is 0 Å². The van der Waals surface area contributed by atoms with E-state index >= 15 is 0 Å². The van der Waals surface area contributed by atoms with Crippen LogP contribution in [0.2, 0.25) is 0 Å². The molecule has 15 heavy (non-hydrogen) atoms. The summed E-state index contributed by atoms with van der Waals surface area (Å²) in [5.41, 5.74) is 1.39. The summed E-state index contributed by atoms with van der Waals surface area (Å²) in [5.74, 6) is 0. The van der Waals surface area contributed by atoms with Crippen LogP contribution in [0.4, 0.5) is 0 Å². The third-order valence-corrected chi connectivity index (χ3v) is 3.04. The fourth-order valence-electron chi connectivity index (χ4n) is 1.47. The highest BCUT2D eigenvalue weighted by Crippen LogP contribution is 2.04. The van der Waals surface area contributed by atoms with E-state index in [1.807, 2.05) is 0 Å². The Hall–Kier alpha value is -0.530. The van der Waals surface area contributed by atoms with Crippen LogP contribution in [-0.4, -0.2) is 18.5 Å². The Labute approximate surface area is 97.8 Å². The van der Waals surface area contributed by atoms with Crippen molar-refractivity contribution in [2.24, 2.45) is 0 Å². The molecule has 1 aromatic carbocycles. The molecular formula is C13H20ClN. The van der Waals surface area contributed by atoms with E-state index in [2.05, 4.69) is 42.6 Å². The summed E-state index contributed by atoms with van der Waals surface area (Å²) in [6, 6.07) is 10.6. The first-order valence-corrected chi connectivity index (χ1v) is 6.15. The molecule has 0 bridgehead atoms. The van der Waals surface area contributed by atoms with Crippen LogP contribution in [-0.2, 0) is 6.42 Å². The van der Waals surface area contributed by atoms with Crippen molar-refractivity contribution in [1.29, 1.82) is 0 Å². The van der Waals surface area contributed by atoms with Crippen LogP contribution in [0.5, 0.6) is 0 Å². The van der Waals surface area contributed by atoms with E-state index in [-0.39, 0.29) is 0 Å². The summed E-state index contributed by atoms with van der Waals surface area (Å²) >= 11 is 6.02. The lowest BCUT2D eigenvalue weighted by molar-refractivity contribution is 0.621. The number of benzene rings is 1. The molecule has 0 spiro atoms. The van der Waals surface area contributed by atoms with Gasteiger partial charge >= 0.3 is 0 Å². The van der Waals surface area contributed by atoms with Gasteiger partial charge in [-0.05, 0) is 37.9 Å². The van der Waals surface area contributed by atoms with Crippen molar-refractivity contribution in [2.75, 3.05) is 13.1 Å². The molecule has 0 aliphatic carbocycles. The minimum atomic E-state index is 0.328. The van der Waals surface area contributed by atoms with E-state index in [0.29, 0.717) is 5.38 Å². The lowest BCUT2D eigenvalue weighted by Gasteiger charge is -2.07. The molecule has 0 amide bonds. The van der Waals surface area contributed by atoms with Crippen LogP contribution in [0.25, 0.3) is 0 Å². The van der Waals surface area contributed by atoms with Crippen LogP contribution in [0, 0.1) is 0 Å². The second kappa shape index (κ2) is 7.72. The minimum Gasteiger partial charge on any atom is -0.316 e.